The summed E-state index contributed by atoms with van der Waals surface area (Å²) in [5, 5.41) is 3.62. The Balaban J connectivity index is 1.63. The second-order valence-electron chi connectivity index (χ2n) is 7.05. The van der Waals surface area contributed by atoms with Crippen LogP contribution in [-0.2, 0) is 30.4 Å². The smallest absolute Gasteiger partial charge is 0.341 e. The molecule has 4 rings (SSSR count). The van der Waals surface area contributed by atoms with E-state index in [-0.39, 0.29) is 11.9 Å². The normalized spacial score (nSPS) is 15.7. The lowest BCUT2D eigenvalue weighted by Gasteiger charge is -2.16. The number of hydrogen-bond acceptors (Lipinski definition) is 4. The minimum Gasteiger partial charge on any atom is -0.465 e. The molecule has 0 fully saturated rings. The number of esters is 1. The molecule has 0 bridgehead atoms. The van der Waals surface area contributed by atoms with Gasteiger partial charge in [-0.3, -0.25) is 4.79 Å². The van der Waals surface area contributed by atoms with E-state index in [2.05, 4.69) is 11.4 Å². The Morgan fingerprint density at radius 3 is 2.54 bits per heavy atom. The summed E-state index contributed by atoms with van der Waals surface area (Å²) in [6.45, 7) is 0. The summed E-state index contributed by atoms with van der Waals surface area (Å²) in [5.74, 6) is -0.507. The number of rotatable bonds is 3. The molecule has 2 aliphatic carbocycles. The van der Waals surface area contributed by atoms with E-state index in [9.17, 15) is 9.59 Å². The quantitative estimate of drug-likeness (QED) is 0.808. The Labute approximate surface area is 157 Å². The van der Waals surface area contributed by atoms with Gasteiger partial charge < -0.3 is 10.1 Å². The second-order valence-corrected chi connectivity index (χ2v) is 8.16. The first-order valence-electron chi connectivity index (χ1n) is 9.33. The van der Waals surface area contributed by atoms with E-state index in [4.69, 9.17) is 4.74 Å². The van der Waals surface area contributed by atoms with Crippen molar-refractivity contribution in [1.29, 1.82) is 0 Å². The first-order valence-corrected chi connectivity index (χ1v) is 10.1. The highest BCUT2D eigenvalue weighted by atomic mass is 32.1. The molecule has 1 aromatic heterocycles. The fraction of sp³-hybridized carbons (Fsp3) is 0.429. The lowest BCUT2D eigenvalue weighted by Crippen LogP contribution is -2.16. The SMILES string of the molecule is COC(=O)c1c(NC(=O)c2ccc3c(c2)CCCC3)sc2c1CCCC2. The predicted molar refractivity (Wildman–Crippen MR) is 103 cm³/mol. The van der Waals surface area contributed by atoms with Crippen molar-refractivity contribution in [3.63, 3.8) is 0 Å². The zero-order valence-corrected chi connectivity index (χ0v) is 15.8. The summed E-state index contributed by atoms with van der Waals surface area (Å²) in [5.41, 5.74) is 4.91. The van der Waals surface area contributed by atoms with E-state index in [1.807, 2.05) is 12.1 Å². The van der Waals surface area contributed by atoms with E-state index in [0.717, 1.165) is 44.1 Å². The Kier molecular flexibility index (Phi) is 4.81. The molecule has 0 atom stereocenters. The minimum absolute atomic E-state index is 0.151. The number of carbonyl (C=O) groups excluding carboxylic acids is 2. The lowest BCUT2D eigenvalue weighted by molar-refractivity contribution is 0.0601. The van der Waals surface area contributed by atoms with Crippen LogP contribution < -0.4 is 5.32 Å². The number of hydrogen-bond donors (Lipinski definition) is 1. The predicted octanol–water partition coefficient (Wildman–Crippen LogP) is 4.54. The average Bonchev–Trinajstić information content (AvgIpc) is 3.04. The van der Waals surface area contributed by atoms with Gasteiger partial charge in [-0.15, -0.1) is 11.3 Å². The molecule has 1 amide bonds. The Morgan fingerprint density at radius 1 is 1.00 bits per heavy atom. The van der Waals surface area contributed by atoms with Crippen molar-refractivity contribution in [1.82, 2.24) is 0 Å². The van der Waals surface area contributed by atoms with Crippen LogP contribution in [0.1, 0.15) is 68.0 Å². The van der Waals surface area contributed by atoms with E-state index >= 15 is 0 Å². The van der Waals surface area contributed by atoms with Gasteiger partial charge in [0.05, 0.1) is 12.7 Å². The summed E-state index contributed by atoms with van der Waals surface area (Å²) >= 11 is 1.52. The lowest BCUT2D eigenvalue weighted by atomic mass is 9.90. The molecule has 136 valence electrons. The Hall–Kier alpha value is -2.14. The van der Waals surface area contributed by atoms with Crippen LogP contribution in [0.2, 0.25) is 0 Å². The number of carbonyl (C=O) groups is 2. The molecule has 0 saturated heterocycles. The number of thiophene rings is 1. The third-order valence-corrected chi connectivity index (χ3v) is 6.61. The van der Waals surface area contributed by atoms with Gasteiger partial charge in [0.15, 0.2) is 0 Å². The standard InChI is InChI=1S/C21H23NO3S/c1-25-21(24)18-16-8-4-5-9-17(16)26-20(18)22-19(23)15-11-10-13-6-2-3-7-14(13)12-15/h10-12H,2-9H2,1H3,(H,22,23). The molecule has 1 N–H and O–H groups in total. The molecule has 0 unspecified atom stereocenters. The van der Waals surface area contributed by atoms with E-state index in [1.165, 1.54) is 47.3 Å². The third-order valence-electron chi connectivity index (χ3n) is 5.40. The van der Waals surface area contributed by atoms with Crippen LogP contribution in [0.15, 0.2) is 18.2 Å². The molecule has 1 aromatic carbocycles. The van der Waals surface area contributed by atoms with Crippen molar-refractivity contribution < 1.29 is 14.3 Å². The summed E-state index contributed by atoms with van der Waals surface area (Å²) < 4.78 is 4.98. The summed E-state index contributed by atoms with van der Waals surface area (Å²) in [6, 6.07) is 5.98. The topological polar surface area (TPSA) is 55.4 Å². The van der Waals surface area contributed by atoms with Crippen LogP contribution in [0.25, 0.3) is 0 Å². The van der Waals surface area contributed by atoms with Gasteiger partial charge in [-0.25, -0.2) is 4.79 Å². The molecule has 1 heterocycles. The third kappa shape index (κ3) is 3.16. The molecule has 2 aromatic rings. The average molecular weight is 369 g/mol. The van der Waals surface area contributed by atoms with Crippen molar-refractivity contribution in [3.05, 3.63) is 50.9 Å². The number of benzene rings is 1. The van der Waals surface area contributed by atoms with Crippen LogP contribution in [0, 0.1) is 0 Å². The second kappa shape index (κ2) is 7.23. The van der Waals surface area contributed by atoms with Crippen molar-refractivity contribution in [3.8, 4) is 0 Å². The molecule has 0 saturated carbocycles. The molecule has 26 heavy (non-hydrogen) atoms. The molecule has 5 heteroatoms. The van der Waals surface area contributed by atoms with Gasteiger partial charge in [-0.05, 0) is 80.2 Å². The Morgan fingerprint density at radius 2 is 1.73 bits per heavy atom. The fourth-order valence-electron chi connectivity index (χ4n) is 4.02. The number of methoxy groups -OCH3 is 1. The summed E-state index contributed by atoms with van der Waals surface area (Å²) in [6.07, 6.45) is 8.60. The van der Waals surface area contributed by atoms with Crippen LogP contribution in [-0.4, -0.2) is 19.0 Å². The largest absolute Gasteiger partial charge is 0.465 e. The first kappa shape index (κ1) is 17.3. The van der Waals surface area contributed by atoms with Gasteiger partial charge >= 0.3 is 5.97 Å². The molecular weight excluding hydrogens is 346 g/mol. The maximum absolute atomic E-state index is 12.8. The summed E-state index contributed by atoms with van der Waals surface area (Å²) in [7, 11) is 1.39. The fourth-order valence-corrected chi connectivity index (χ4v) is 5.29. The van der Waals surface area contributed by atoms with E-state index in [0.29, 0.717) is 16.1 Å². The highest BCUT2D eigenvalue weighted by molar-refractivity contribution is 7.17. The maximum Gasteiger partial charge on any atom is 0.341 e. The van der Waals surface area contributed by atoms with Gasteiger partial charge in [0, 0.05) is 10.4 Å². The highest BCUT2D eigenvalue weighted by Gasteiger charge is 2.27. The van der Waals surface area contributed by atoms with Gasteiger partial charge in [0.2, 0.25) is 0 Å². The maximum atomic E-state index is 12.8. The monoisotopic (exact) mass is 369 g/mol. The van der Waals surface area contributed by atoms with Crippen molar-refractivity contribution in [2.45, 2.75) is 51.4 Å². The van der Waals surface area contributed by atoms with Crippen LogP contribution in [0.4, 0.5) is 5.00 Å². The first-order chi connectivity index (χ1) is 12.7. The van der Waals surface area contributed by atoms with Crippen LogP contribution in [0.3, 0.4) is 0 Å². The summed E-state index contributed by atoms with van der Waals surface area (Å²) in [4.78, 5) is 26.3. The van der Waals surface area contributed by atoms with Gasteiger partial charge in [-0.2, -0.15) is 0 Å². The molecule has 0 radical (unpaired) electrons. The zero-order valence-electron chi connectivity index (χ0n) is 15.0. The van der Waals surface area contributed by atoms with E-state index < -0.39 is 0 Å². The number of anilines is 1. The van der Waals surface area contributed by atoms with Crippen LogP contribution >= 0.6 is 11.3 Å². The van der Waals surface area contributed by atoms with Crippen molar-refractivity contribution in [2.24, 2.45) is 0 Å². The van der Waals surface area contributed by atoms with Gasteiger partial charge in [0.1, 0.15) is 5.00 Å². The molecule has 0 aliphatic heterocycles. The molecule has 4 nitrogen and oxygen atoms in total. The number of aryl methyl sites for hydroxylation is 3. The highest BCUT2D eigenvalue weighted by Crippen LogP contribution is 2.38. The number of ether oxygens (including phenoxy) is 1. The minimum atomic E-state index is -0.356. The number of nitrogens with one attached hydrogen (secondary N) is 1. The van der Waals surface area contributed by atoms with Crippen molar-refractivity contribution >= 4 is 28.2 Å². The van der Waals surface area contributed by atoms with E-state index in [1.54, 1.807) is 0 Å². The molecular formula is C21H23NO3S. The molecule has 0 spiro atoms. The van der Waals surface area contributed by atoms with Crippen molar-refractivity contribution in [2.75, 3.05) is 12.4 Å². The Bertz CT molecular complexity index is 868. The van der Waals surface area contributed by atoms with Gasteiger partial charge in [0.25, 0.3) is 5.91 Å². The number of amides is 1. The molecule has 2 aliphatic rings. The zero-order chi connectivity index (χ0) is 18.1. The van der Waals surface area contributed by atoms with Crippen LogP contribution in [0.5, 0.6) is 0 Å². The van der Waals surface area contributed by atoms with Gasteiger partial charge in [-0.1, -0.05) is 6.07 Å². The number of fused-ring (bicyclic) bond motifs is 2.